The number of imidazole rings is 1. The predicted molar refractivity (Wildman–Crippen MR) is 136 cm³/mol. The average molecular weight is 502 g/mol. The van der Waals surface area contributed by atoms with Crippen LogP contribution in [0.15, 0.2) is 24.4 Å². The Kier molecular flexibility index (Phi) is 8.63. The van der Waals surface area contributed by atoms with Gasteiger partial charge in [-0.1, -0.05) is 11.6 Å². The smallest absolute Gasteiger partial charge is 0.277 e. The summed E-state index contributed by atoms with van der Waals surface area (Å²) >= 11 is 5.88. The van der Waals surface area contributed by atoms with Crippen molar-refractivity contribution in [2.45, 2.75) is 39.9 Å². The van der Waals surface area contributed by atoms with Gasteiger partial charge in [0.2, 0.25) is 0 Å². The lowest BCUT2D eigenvalue weighted by molar-refractivity contribution is -0.676. The third-order valence-electron chi connectivity index (χ3n) is 5.90. The molecule has 0 aliphatic heterocycles. The van der Waals surface area contributed by atoms with E-state index < -0.39 is 5.91 Å². The summed E-state index contributed by atoms with van der Waals surface area (Å²) in [4.78, 5) is 37.6. The number of aryl methyl sites for hydroxylation is 2. The second-order valence-electron chi connectivity index (χ2n) is 8.60. The first-order chi connectivity index (χ1) is 16.7. The molecular weight excluding hydrogens is 468 g/mol. The largest absolute Gasteiger partial charge is 0.382 e. The number of carbonyl (C=O) groups excluding carboxylic acids is 2. The molecule has 3 rings (SSSR count). The molecule has 0 saturated heterocycles. The van der Waals surface area contributed by atoms with Gasteiger partial charge in [-0.2, -0.15) is 0 Å². The first kappa shape index (κ1) is 26.4. The van der Waals surface area contributed by atoms with Crippen molar-refractivity contribution >= 4 is 40.3 Å². The number of aromatic nitrogens is 4. The number of carbonyl (C=O) groups is 2. The summed E-state index contributed by atoms with van der Waals surface area (Å²) in [6.07, 6.45) is 2.20. The van der Waals surface area contributed by atoms with E-state index in [0.717, 1.165) is 29.8 Å². The highest BCUT2D eigenvalue weighted by atomic mass is 35.5. The number of rotatable bonds is 10. The molecule has 0 saturated carbocycles. The van der Waals surface area contributed by atoms with Gasteiger partial charge in [0.25, 0.3) is 17.6 Å². The summed E-state index contributed by atoms with van der Waals surface area (Å²) < 4.78 is 4.23. The fourth-order valence-corrected chi connectivity index (χ4v) is 4.29. The Morgan fingerprint density at radius 1 is 1.20 bits per heavy atom. The number of nitrogens with one attached hydrogen (secondary N) is 1. The van der Waals surface area contributed by atoms with Gasteiger partial charge in [0.15, 0.2) is 22.5 Å². The van der Waals surface area contributed by atoms with Crippen LogP contribution in [0.4, 0.5) is 5.82 Å². The molecule has 0 atom stereocenters. The molecule has 0 unspecified atom stereocenters. The third kappa shape index (κ3) is 5.88. The number of amides is 2. The molecule has 11 heteroatoms. The first-order valence-electron chi connectivity index (χ1n) is 11.7. The molecule has 2 aromatic heterocycles. The van der Waals surface area contributed by atoms with Gasteiger partial charge in [-0.05, 0) is 53.0 Å². The summed E-state index contributed by atoms with van der Waals surface area (Å²) in [5, 5.41) is 2.98. The Morgan fingerprint density at radius 3 is 2.60 bits per heavy atom. The summed E-state index contributed by atoms with van der Waals surface area (Å²) in [6.45, 7) is 7.31. The van der Waals surface area contributed by atoms with Crippen molar-refractivity contribution in [3.8, 4) is 0 Å². The van der Waals surface area contributed by atoms with Crippen LogP contribution in [0.3, 0.4) is 0 Å². The monoisotopic (exact) mass is 501 g/mol. The van der Waals surface area contributed by atoms with E-state index in [-0.39, 0.29) is 29.1 Å². The number of anilines is 1. The Hall–Kier alpha value is -3.24. The van der Waals surface area contributed by atoms with E-state index in [4.69, 9.17) is 17.3 Å². The molecule has 0 aliphatic carbocycles. The van der Waals surface area contributed by atoms with Gasteiger partial charge < -0.3 is 20.9 Å². The molecule has 0 spiro atoms. The molecule has 188 valence electrons. The van der Waals surface area contributed by atoms with Crippen LogP contribution in [0.1, 0.15) is 46.9 Å². The van der Waals surface area contributed by atoms with Gasteiger partial charge in [-0.25, -0.2) is 19.1 Å². The number of nitrogen functional groups attached to an aromatic ring is 1. The van der Waals surface area contributed by atoms with E-state index in [1.807, 2.05) is 53.2 Å². The van der Waals surface area contributed by atoms with Gasteiger partial charge in [0.1, 0.15) is 11.7 Å². The van der Waals surface area contributed by atoms with Crippen molar-refractivity contribution in [2.24, 2.45) is 0 Å². The second kappa shape index (κ2) is 11.5. The van der Waals surface area contributed by atoms with Gasteiger partial charge in [-0.15, -0.1) is 0 Å². The lowest BCUT2D eigenvalue weighted by Gasteiger charge is -2.18. The molecule has 35 heavy (non-hydrogen) atoms. The van der Waals surface area contributed by atoms with Crippen LogP contribution in [0.5, 0.6) is 0 Å². The maximum absolute atomic E-state index is 13.1. The summed E-state index contributed by atoms with van der Waals surface area (Å²) in [5.41, 5.74) is 8.36. The molecule has 2 amide bonds. The minimum atomic E-state index is -0.455. The highest BCUT2D eigenvalue weighted by Gasteiger charge is 2.26. The van der Waals surface area contributed by atoms with Crippen LogP contribution >= 0.6 is 11.6 Å². The first-order valence-corrected chi connectivity index (χ1v) is 12.1. The Labute approximate surface area is 210 Å². The van der Waals surface area contributed by atoms with E-state index in [1.54, 1.807) is 4.90 Å². The molecular formula is C24H34ClN8O2+. The quantitative estimate of drug-likeness (QED) is 0.410. The van der Waals surface area contributed by atoms with Gasteiger partial charge >= 0.3 is 0 Å². The van der Waals surface area contributed by atoms with E-state index >= 15 is 0 Å². The minimum Gasteiger partial charge on any atom is -0.382 e. The second-order valence-corrected chi connectivity index (χ2v) is 8.99. The van der Waals surface area contributed by atoms with E-state index in [0.29, 0.717) is 25.2 Å². The van der Waals surface area contributed by atoms with Gasteiger partial charge in [0, 0.05) is 25.2 Å². The highest BCUT2D eigenvalue weighted by molar-refractivity contribution is 6.29. The lowest BCUT2D eigenvalue weighted by Crippen LogP contribution is -2.40. The number of hydrogen-bond donors (Lipinski definition) is 2. The maximum Gasteiger partial charge on any atom is 0.277 e. The molecule has 3 aromatic rings. The molecule has 3 N–H and O–H groups in total. The van der Waals surface area contributed by atoms with Crippen LogP contribution in [-0.2, 0) is 19.6 Å². The fraction of sp³-hybridized carbons (Fsp3) is 0.458. The maximum atomic E-state index is 13.1. The standard InChI is InChI=1S/C24H33ClN8O2/c1-6-32-17-10-9-16(24(35)31(5)12-8-11-30(3)4)13-18(17)33(7-2)20(32)15-28-23(34)21-22(26)27-14-19(25)29-21/h9-10,13-14H,6-8,11-12,15H2,1-5H3,(H2-,26,27,28,34)/p+1. The summed E-state index contributed by atoms with van der Waals surface area (Å²) in [5.74, 6) is 0.450. The topological polar surface area (TPSA) is 113 Å². The third-order valence-corrected chi connectivity index (χ3v) is 6.08. The molecule has 0 radical (unpaired) electrons. The predicted octanol–water partition coefficient (Wildman–Crippen LogP) is 1.95. The zero-order valence-corrected chi connectivity index (χ0v) is 21.8. The van der Waals surface area contributed by atoms with Crippen molar-refractivity contribution in [3.63, 3.8) is 0 Å². The van der Waals surface area contributed by atoms with Crippen LogP contribution in [0.2, 0.25) is 5.15 Å². The zero-order chi connectivity index (χ0) is 25.7. The number of nitrogens with zero attached hydrogens (tertiary/aromatic N) is 6. The van der Waals surface area contributed by atoms with Crippen LogP contribution in [-0.4, -0.2) is 70.4 Å². The van der Waals surface area contributed by atoms with Crippen LogP contribution in [0, 0.1) is 0 Å². The fourth-order valence-electron chi connectivity index (χ4n) is 4.15. The highest BCUT2D eigenvalue weighted by Crippen LogP contribution is 2.19. The lowest BCUT2D eigenvalue weighted by atomic mass is 10.1. The van der Waals surface area contributed by atoms with Crippen molar-refractivity contribution < 1.29 is 14.2 Å². The average Bonchev–Trinajstić information content (AvgIpc) is 3.14. The van der Waals surface area contributed by atoms with E-state index in [2.05, 4.69) is 29.3 Å². The van der Waals surface area contributed by atoms with Gasteiger partial charge in [0.05, 0.1) is 19.3 Å². The van der Waals surface area contributed by atoms with E-state index in [1.165, 1.54) is 6.20 Å². The number of nitrogens with two attached hydrogens (primary N) is 1. The number of halogens is 1. The van der Waals surface area contributed by atoms with Crippen molar-refractivity contribution in [1.82, 2.24) is 29.7 Å². The van der Waals surface area contributed by atoms with Gasteiger partial charge in [-0.3, -0.25) is 9.59 Å². The Balaban J connectivity index is 1.88. The zero-order valence-electron chi connectivity index (χ0n) is 21.0. The number of benzene rings is 1. The Morgan fingerprint density at radius 2 is 1.94 bits per heavy atom. The minimum absolute atomic E-state index is 0.00936. The Bertz CT molecular complexity index is 1220. The molecule has 0 fully saturated rings. The normalized spacial score (nSPS) is 11.3. The van der Waals surface area contributed by atoms with E-state index in [9.17, 15) is 9.59 Å². The molecule has 1 aromatic carbocycles. The molecule has 0 aliphatic rings. The van der Waals surface area contributed by atoms with Crippen molar-refractivity contribution in [2.75, 3.05) is 40.0 Å². The van der Waals surface area contributed by atoms with Crippen LogP contribution in [0.25, 0.3) is 11.0 Å². The van der Waals surface area contributed by atoms with Crippen LogP contribution < -0.4 is 15.6 Å². The summed E-state index contributed by atoms with van der Waals surface area (Å²) in [6, 6.07) is 5.77. The SMILES string of the molecule is CCn1c(CNC(=O)c2nc(Cl)cnc2N)[n+](CC)c2ccc(C(=O)N(C)CCCN(C)C)cc21. The molecule has 10 nitrogen and oxygen atoms in total. The molecule has 0 bridgehead atoms. The van der Waals surface area contributed by atoms with Crippen molar-refractivity contribution in [1.29, 1.82) is 0 Å². The summed E-state index contributed by atoms with van der Waals surface area (Å²) in [7, 11) is 5.88. The van der Waals surface area contributed by atoms with Crippen molar-refractivity contribution in [3.05, 3.63) is 46.6 Å². The molecule has 2 heterocycles. The number of hydrogen-bond acceptors (Lipinski definition) is 6. The number of fused-ring (bicyclic) bond motifs is 1.